The predicted molar refractivity (Wildman–Crippen MR) is 160 cm³/mol. The lowest BCUT2D eigenvalue weighted by atomic mass is 9.99. The number of hydrogen-bond donors (Lipinski definition) is 0. The molecule has 4 aromatic rings. The molecule has 0 saturated carbocycles. The maximum atomic E-state index is 14.6. The number of imide groups is 1. The van der Waals surface area contributed by atoms with Crippen LogP contribution in [0.1, 0.15) is 43.4 Å². The van der Waals surface area contributed by atoms with E-state index in [1.54, 1.807) is 80.6 Å². The topological polar surface area (TPSA) is 118 Å². The number of ether oxygens (including phenoxy) is 1. The van der Waals surface area contributed by atoms with E-state index in [2.05, 4.69) is 0 Å². The molecule has 0 bridgehead atoms. The first-order valence-electron chi connectivity index (χ1n) is 13.4. The van der Waals surface area contributed by atoms with Crippen LogP contribution in [-0.2, 0) is 24.8 Å². The van der Waals surface area contributed by atoms with Gasteiger partial charge in [0.05, 0.1) is 39.6 Å². The number of methoxy groups -OCH3 is 1. The number of fused-ring (bicyclic) bond motifs is 1. The summed E-state index contributed by atoms with van der Waals surface area (Å²) in [5.41, 5.74) is 2.06. The molecule has 1 aliphatic rings. The van der Waals surface area contributed by atoms with Crippen molar-refractivity contribution >= 4 is 31.9 Å². The lowest BCUT2D eigenvalue weighted by molar-refractivity contribution is 0.0378. The second-order valence-electron chi connectivity index (χ2n) is 10.3. The van der Waals surface area contributed by atoms with Gasteiger partial charge in [-0.05, 0) is 55.8 Å². The number of benzene rings is 4. The normalized spacial score (nSPS) is 15.0. The fraction of sp³-hybridized carbons (Fsp3) is 0.188. The average Bonchev–Trinajstić information content (AvgIpc) is 3.24. The van der Waals surface area contributed by atoms with Crippen LogP contribution in [0, 0.1) is 13.8 Å². The van der Waals surface area contributed by atoms with Crippen LogP contribution in [0.25, 0.3) is 0 Å². The second kappa shape index (κ2) is 11.8. The van der Waals surface area contributed by atoms with Gasteiger partial charge in [0.15, 0.2) is 0 Å². The highest BCUT2D eigenvalue weighted by atomic mass is 32.3. The second-order valence-corrected chi connectivity index (χ2v) is 14.1. The van der Waals surface area contributed by atoms with Crippen LogP contribution in [0.3, 0.4) is 0 Å². The average molecular weight is 619 g/mol. The maximum absolute atomic E-state index is 14.6. The smallest absolute Gasteiger partial charge is 0.261 e. The molecule has 2 amide bonds. The van der Waals surface area contributed by atoms with E-state index in [-0.39, 0.29) is 33.1 Å². The number of carbonyl (C=O) groups excluding carboxylic acids is 2. The summed E-state index contributed by atoms with van der Waals surface area (Å²) in [6.45, 7) is 3.20. The van der Waals surface area contributed by atoms with Crippen molar-refractivity contribution in [2.75, 3.05) is 13.7 Å². The Morgan fingerprint density at radius 1 is 0.651 bits per heavy atom. The minimum atomic E-state index is -4.84. The molecule has 0 aromatic heterocycles. The van der Waals surface area contributed by atoms with E-state index in [1.165, 1.54) is 43.5 Å². The van der Waals surface area contributed by atoms with E-state index in [1.807, 2.05) is 0 Å². The van der Waals surface area contributed by atoms with Crippen molar-refractivity contribution in [2.24, 2.45) is 0 Å². The van der Waals surface area contributed by atoms with E-state index in [9.17, 15) is 26.4 Å². The van der Waals surface area contributed by atoms with Crippen LogP contribution < -0.4 is 0 Å². The molecule has 43 heavy (non-hydrogen) atoms. The first-order valence-corrected chi connectivity index (χ1v) is 16.3. The maximum Gasteiger partial charge on any atom is 0.261 e. The van der Waals surface area contributed by atoms with Crippen molar-refractivity contribution in [3.63, 3.8) is 0 Å². The van der Waals surface area contributed by atoms with Crippen molar-refractivity contribution in [2.45, 2.75) is 35.7 Å². The molecule has 0 fully saturated rings. The van der Waals surface area contributed by atoms with Crippen molar-refractivity contribution in [3.05, 3.63) is 131 Å². The first kappa shape index (κ1) is 30.3. The Labute approximate surface area is 251 Å². The van der Waals surface area contributed by atoms with Crippen LogP contribution in [0.5, 0.6) is 0 Å². The third-order valence-corrected chi connectivity index (χ3v) is 11.7. The molecule has 11 heteroatoms. The molecule has 2 atom stereocenters. The largest absolute Gasteiger partial charge is 0.382 e. The minimum Gasteiger partial charge on any atom is -0.382 e. The summed E-state index contributed by atoms with van der Waals surface area (Å²) in [7, 11) is -8.34. The van der Waals surface area contributed by atoms with Gasteiger partial charge in [0, 0.05) is 7.11 Å². The van der Waals surface area contributed by atoms with Gasteiger partial charge >= 0.3 is 0 Å². The molecular formula is C32H30N2O7S2. The molecule has 0 saturated heterocycles. The van der Waals surface area contributed by atoms with Gasteiger partial charge in [0.1, 0.15) is 0 Å². The number of amides is 2. The molecule has 0 N–H and O–H groups in total. The minimum absolute atomic E-state index is 0.134. The molecule has 1 heterocycles. The Hall–Kier alpha value is -4.16. The summed E-state index contributed by atoms with van der Waals surface area (Å²) in [4.78, 5) is 27.8. The van der Waals surface area contributed by atoms with Gasteiger partial charge < -0.3 is 4.74 Å². The molecule has 9 nitrogen and oxygen atoms in total. The first-order chi connectivity index (χ1) is 20.5. The Balaban J connectivity index is 1.81. The summed E-state index contributed by atoms with van der Waals surface area (Å²) < 4.78 is 64.2. The number of aryl methyl sites for hydroxylation is 2. The van der Waals surface area contributed by atoms with E-state index < -0.39 is 43.9 Å². The zero-order valence-corrected chi connectivity index (χ0v) is 25.4. The molecule has 4 aromatic carbocycles. The lowest BCUT2D eigenvalue weighted by Gasteiger charge is -2.38. The fourth-order valence-electron chi connectivity index (χ4n) is 5.18. The highest BCUT2D eigenvalue weighted by Crippen LogP contribution is 2.40. The third-order valence-electron chi connectivity index (χ3n) is 7.34. The standard InChI is InChI=1S/C32H30N2O7S2/c1-22-13-17-25(18-14-22)42(37,38)34(43(39,40)26-19-15-23(2)16-20-26)30(24-9-5-4-6-10-24)29(21-41-3)33-31(35)27-11-7-8-12-28(27)32(33)36/h4-20,29-30H,21H2,1-3H3. The van der Waals surface area contributed by atoms with Gasteiger partial charge in [0.2, 0.25) is 0 Å². The molecular weight excluding hydrogens is 588 g/mol. The fourth-order valence-corrected chi connectivity index (χ4v) is 9.23. The van der Waals surface area contributed by atoms with Gasteiger partial charge in [-0.15, -0.1) is 0 Å². The molecule has 2 unspecified atom stereocenters. The van der Waals surface area contributed by atoms with Crippen LogP contribution in [0.2, 0.25) is 0 Å². The van der Waals surface area contributed by atoms with Gasteiger partial charge in [-0.2, -0.15) is 0 Å². The highest BCUT2D eigenvalue weighted by Gasteiger charge is 2.51. The Morgan fingerprint density at radius 2 is 1.07 bits per heavy atom. The van der Waals surface area contributed by atoms with Gasteiger partial charge in [0.25, 0.3) is 31.9 Å². The van der Waals surface area contributed by atoms with Gasteiger partial charge in [-0.3, -0.25) is 14.5 Å². The predicted octanol–water partition coefficient (Wildman–Crippen LogP) is 4.74. The monoisotopic (exact) mass is 618 g/mol. The van der Waals surface area contributed by atoms with Crippen molar-refractivity contribution < 1.29 is 31.2 Å². The SMILES string of the molecule is COCC(C(c1ccccc1)N(S(=O)(=O)c1ccc(C)cc1)S(=O)(=O)c1ccc(C)cc1)N1C(=O)c2ccccc2C1=O. The molecule has 0 aliphatic carbocycles. The Kier molecular flexibility index (Phi) is 8.35. The number of nitrogens with zero attached hydrogens (tertiary/aromatic N) is 2. The zero-order chi connectivity index (χ0) is 30.9. The van der Waals surface area contributed by atoms with Gasteiger partial charge in [-0.25, -0.2) is 16.8 Å². The number of rotatable bonds is 10. The lowest BCUT2D eigenvalue weighted by Crippen LogP contribution is -2.53. The summed E-state index contributed by atoms with van der Waals surface area (Å²) in [5.74, 6) is -1.35. The number of carbonyl (C=O) groups is 2. The molecule has 222 valence electrons. The van der Waals surface area contributed by atoms with Crippen LogP contribution >= 0.6 is 0 Å². The Morgan fingerprint density at radius 3 is 1.49 bits per heavy atom. The summed E-state index contributed by atoms with van der Waals surface area (Å²) in [6.07, 6.45) is 0. The van der Waals surface area contributed by atoms with Crippen molar-refractivity contribution in [1.82, 2.24) is 8.61 Å². The van der Waals surface area contributed by atoms with E-state index >= 15 is 0 Å². The van der Waals surface area contributed by atoms with Gasteiger partial charge in [-0.1, -0.05) is 81.6 Å². The Bertz CT molecular complexity index is 1760. The van der Waals surface area contributed by atoms with Crippen molar-refractivity contribution in [1.29, 1.82) is 0 Å². The molecule has 5 rings (SSSR count). The zero-order valence-electron chi connectivity index (χ0n) is 23.7. The number of hydrogen-bond acceptors (Lipinski definition) is 7. The van der Waals surface area contributed by atoms with Crippen LogP contribution in [0.15, 0.2) is 113 Å². The quantitative estimate of drug-likeness (QED) is 0.236. The summed E-state index contributed by atoms with van der Waals surface area (Å²) >= 11 is 0. The molecule has 1 aliphatic heterocycles. The summed E-state index contributed by atoms with van der Waals surface area (Å²) in [5, 5.41) is 0. The van der Waals surface area contributed by atoms with Crippen LogP contribution in [-0.4, -0.2) is 57.0 Å². The van der Waals surface area contributed by atoms with Crippen molar-refractivity contribution in [3.8, 4) is 0 Å². The van der Waals surface area contributed by atoms with E-state index in [4.69, 9.17) is 4.74 Å². The molecule has 0 radical (unpaired) electrons. The summed E-state index contributed by atoms with van der Waals surface area (Å²) in [6, 6.07) is 22.9. The third kappa shape index (κ3) is 5.52. The van der Waals surface area contributed by atoms with E-state index in [0.29, 0.717) is 3.71 Å². The van der Waals surface area contributed by atoms with E-state index in [0.717, 1.165) is 16.0 Å². The molecule has 0 spiro atoms. The highest BCUT2D eigenvalue weighted by molar-refractivity contribution is 8.04. The van der Waals surface area contributed by atoms with Crippen LogP contribution in [0.4, 0.5) is 0 Å². The number of sulfonamides is 2.